The van der Waals surface area contributed by atoms with Gasteiger partial charge in [-0.3, -0.25) is 0 Å². The standard InChI is InChI=1S/C16H26N2/c1-3-13-9-5-7-11-15(13)18(4-2)16-12-8-6-10-14(16)17/h6,8,10,12-13,15H,3-5,7,9,11,17H2,1-2H3. The molecule has 0 heterocycles. The number of nitrogens with two attached hydrogens (primary N) is 1. The molecule has 2 nitrogen and oxygen atoms in total. The zero-order chi connectivity index (χ0) is 13.0. The average molecular weight is 246 g/mol. The molecular weight excluding hydrogens is 220 g/mol. The van der Waals surface area contributed by atoms with Crippen LogP contribution in [0, 0.1) is 5.92 Å². The molecule has 0 amide bonds. The highest BCUT2D eigenvalue weighted by Crippen LogP contribution is 2.35. The van der Waals surface area contributed by atoms with Crippen molar-refractivity contribution < 1.29 is 0 Å². The minimum absolute atomic E-state index is 0.679. The van der Waals surface area contributed by atoms with E-state index in [0.29, 0.717) is 6.04 Å². The fraction of sp³-hybridized carbons (Fsp3) is 0.625. The van der Waals surface area contributed by atoms with Crippen molar-refractivity contribution in [3.8, 4) is 0 Å². The Morgan fingerprint density at radius 3 is 2.56 bits per heavy atom. The van der Waals surface area contributed by atoms with Gasteiger partial charge in [0, 0.05) is 12.6 Å². The van der Waals surface area contributed by atoms with E-state index in [1.54, 1.807) is 0 Å². The second-order valence-electron chi connectivity index (χ2n) is 5.36. The van der Waals surface area contributed by atoms with Crippen LogP contribution in [0.25, 0.3) is 0 Å². The van der Waals surface area contributed by atoms with Crippen LogP contribution in [0.3, 0.4) is 0 Å². The van der Waals surface area contributed by atoms with Gasteiger partial charge in [0.25, 0.3) is 0 Å². The molecule has 1 aromatic carbocycles. The second kappa shape index (κ2) is 6.12. The minimum atomic E-state index is 0.679. The Kier molecular flexibility index (Phi) is 4.51. The molecule has 18 heavy (non-hydrogen) atoms. The van der Waals surface area contributed by atoms with Crippen molar-refractivity contribution in [2.24, 2.45) is 5.92 Å². The summed E-state index contributed by atoms with van der Waals surface area (Å²) in [6.45, 7) is 5.62. The third-order valence-electron chi connectivity index (χ3n) is 4.38. The normalized spacial score (nSPS) is 23.9. The lowest BCUT2D eigenvalue weighted by Gasteiger charge is -2.41. The van der Waals surface area contributed by atoms with Crippen molar-refractivity contribution in [1.29, 1.82) is 0 Å². The van der Waals surface area contributed by atoms with Crippen molar-refractivity contribution in [2.45, 2.75) is 52.0 Å². The molecular formula is C16H26N2. The lowest BCUT2D eigenvalue weighted by atomic mass is 9.81. The number of benzene rings is 1. The molecule has 0 bridgehead atoms. The van der Waals surface area contributed by atoms with E-state index >= 15 is 0 Å². The summed E-state index contributed by atoms with van der Waals surface area (Å²) < 4.78 is 0. The number of hydrogen-bond acceptors (Lipinski definition) is 2. The van der Waals surface area contributed by atoms with E-state index in [2.05, 4.69) is 30.9 Å². The predicted octanol–water partition coefficient (Wildman–Crippen LogP) is 4.06. The van der Waals surface area contributed by atoms with Crippen LogP contribution in [0.2, 0.25) is 0 Å². The van der Waals surface area contributed by atoms with Gasteiger partial charge in [0.15, 0.2) is 0 Å². The Morgan fingerprint density at radius 2 is 1.89 bits per heavy atom. The second-order valence-corrected chi connectivity index (χ2v) is 5.36. The van der Waals surface area contributed by atoms with E-state index in [-0.39, 0.29) is 0 Å². The maximum Gasteiger partial charge on any atom is 0.0602 e. The largest absolute Gasteiger partial charge is 0.397 e. The van der Waals surface area contributed by atoms with E-state index < -0.39 is 0 Å². The van der Waals surface area contributed by atoms with Crippen LogP contribution in [0.5, 0.6) is 0 Å². The highest BCUT2D eigenvalue weighted by molar-refractivity contribution is 5.67. The number of para-hydroxylation sites is 2. The smallest absolute Gasteiger partial charge is 0.0602 e. The van der Waals surface area contributed by atoms with Crippen molar-refractivity contribution in [2.75, 3.05) is 17.2 Å². The van der Waals surface area contributed by atoms with Crippen LogP contribution in [-0.4, -0.2) is 12.6 Å². The van der Waals surface area contributed by atoms with Gasteiger partial charge < -0.3 is 10.6 Å². The molecule has 0 spiro atoms. The third-order valence-corrected chi connectivity index (χ3v) is 4.38. The SMILES string of the molecule is CCC1CCCCC1N(CC)c1ccccc1N. The van der Waals surface area contributed by atoms with Gasteiger partial charge in [-0.05, 0) is 37.8 Å². The minimum Gasteiger partial charge on any atom is -0.397 e. The van der Waals surface area contributed by atoms with Crippen molar-refractivity contribution in [3.63, 3.8) is 0 Å². The molecule has 0 radical (unpaired) electrons. The molecule has 2 atom stereocenters. The first-order valence-electron chi connectivity index (χ1n) is 7.39. The van der Waals surface area contributed by atoms with Crippen LogP contribution in [0.1, 0.15) is 46.0 Å². The summed E-state index contributed by atoms with van der Waals surface area (Å²) in [5.74, 6) is 0.832. The molecule has 1 aliphatic carbocycles. The van der Waals surface area contributed by atoms with Crippen molar-refractivity contribution in [1.82, 2.24) is 0 Å². The van der Waals surface area contributed by atoms with E-state index in [1.165, 1.54) is 37.8 Å². The van der Waals surface area contributed by atoms with E-state index in [0.717, 1.165) is 18.2 Å². The molecule has 2 rings (SSSR count). The van der Waals surface area contributed by atoms with E-state index in [4.69, 9.17) is 5.73 Å². The van der Waals surface area contributed by atoms with Crippen molar-refractivity contribution >= 4 is 11.4 Å². The fourth-order valence-electron chi connectivity index (χ4n) is 3.41. The Hall–Kier alpha value is -1.18. The topological polar surface area (TPSA) is 29.3 Å². The molecule has 0 saturated heterocycles. The first kappa shape index (κ1) is 13.3. The zero-order valence-corrected chi connectivity index (χ0v) is 11.7. The first-order valence-corrected chi connectivity index (χ1v) is 7.39. The molecule has 1 fully saturated rings. The maximum absolute atomic E-state index is 6.15. The van der Waals surface area contributed by atoms with Crippen molar-refractivity contribution in [3.05, 3.63) is 24.3 Å². The maximum atomic E-state index is 6.15. The highest BCUT2D eigenvalue weighted by Gasteiger charge is 2.28. The first-order chi connectivity index (χ1) is 8.77. The lowest BCUT2D eigenvalue weighted by molar-refractivity contribution is 0.287. The van der Waals surface area contributed by atoms with Gasteiger partial charge in [-0.2, -0.15) is 0 Å². The zero-order valence-electron chi connectivity index (χ0n) is 11.7. The Morgan fingerprint density at radius 1 is 1.17 bits per heavy atom. The molecule has 1 saturated carbocycles. The van der Waals surface area contributed by atoms with E-state index in [9.17, 15) is 0 Å². The van der Waals surface area contributed by atoms with Gasteiger partial charge in [0.1, 0.15) is 0 Å². The number of nitrogen functional groups attached to an aromatic ring is 1. The van der Waals surface area contributed by atoms with Crippen LogP contribution < -0.4 is 10.6 Å². The third kappa shape index (κ3) is 2.63. The van der Waals surface area contributed by atoms with Crippen LogP contribution >= 0.6 is 0 Å². The summed E-state index contributed by atoms with van der Waals surface area (Å²) in [5.41, 5.74) is 8.29. The summed E-state index contributed by atoms with van der Waals surface area (Å²) >= 11 is 0. The van der Waals surface area contributed by atoms with Crippen LogP contribution in [0.4, 0.5) is 11.4 Å². The Bertz CT molecular complexity index is 375. The number of hydrogen-bond donors (Lipinski definition) is 1. The molecule has 2 unspecified atom stereocenters. The summed E-state index contributed by atoms with van der Waals surface area (Å²) in [6.07, 6.45) is 6.75. The molecule has 1 aromatic rings. The average Bonchev–Trinajstić information content (AvgIpc) is 2.42. The lowest BCUT2D eigenvalue weighted by Crippen LogP contribution is -2.42. The number of rotatable bonds is 4. The van der Waals surface area contributed by atoms with Gasteiger partial charge in [0.2, 0.25) is 0 Å². The number of nitrogens with zero attached hydrogens (tertiary/aromatic N) is 1. The monoisotopic (exact) mass is 246 g/mol. The van der Waals surface area contributed by atoms with Crippen LogP contribution in [0.15, 0.2) is 24.3 Å². The van der Waals surface area contributed by atoms with Crippen LogP contribution in [-0.2, 0) is 0 Å². The summed E-state index contributed by atoms with van der Waals surface area (Å²) in [7, 11) is 0. The Labute approximate surface area is 111 Å². The fourth-order valence-corrected chi connectivity index (χ4v) is 3.41. The van der Waals surface area contributed by atoms with Gasteiger partial charge in [-0.15, -0.1) is 0 Å². The molecule has 0 aromatic heterocycles. The summed E-state index contributed by atoms with van der Waals surface area (Å²) in [6, 6.07) is 8.98. The van der Waals surface area contributed by atoms with Gasteiger partial charge in [-0.25, -0.2) is 0 Å². The Balaban J connectivity index is 2.24. The molecule has 0 aliphatic heterocycles. The highest BCUT2D eigenvalue weighted by atomic mass is 15.2. The molecule has 1 aliphatic rings. The summed E-state index contributed by atoms with van der Waals surface area (Å²) in [4.78, 5) is 2.53. The molecule has 2 N–H and O–H groups in total. The van der Waals surface area contributed by atoms with Gasteiger partial charge in [-0.1, -0.05) is 38.3 Å². The summed E-state index contributed by atoms with van der Waals surface area (Å²) in [5, 5.41) is 0. The van der Waals surface area contributed by atoms with Gasteiger partial charge >= 0.3 is 0 Å². The quantitative estimate of drug-likeness (QED) is 0.812. The predicted molar refractivity (Wildman–Crippen MR) is 79.9 cm³/mol. The molecule has 2 heteroatoms. The molecule has 100 valence electrons. The number of anilines is 2. The van der Waals surface area contributed by atoms with Gasteiger partial charge in [0.05, 0.1) is 11.4 Å². The van der Waals surface area contributed by atoms with E-state index in [1.807, 2.05) is 12.1 Å².